The van der Waals surface area contributed by atoms with Gasteiger partial charge in [0, 0.05) is 31.0 Å². The van der Waals surface area contributed by atoms with Crippen molar-refractivity contribution in [1.82, 2.24) is 9.21 Å². The van der Waals surface area contributed by atoms with E-state index in [2.05, 4.69) is 4.99 Å². The van der Waals surface area contributed by atoms with Gasteiger partial charge in [-0.1, -0.05) is 48.5 Å². The first kappa shape index (κ1) is 21.1. The lowest BCUT2D eigenvalue weighted by molar-refractivity contribution is 0.0859. The molecule has 4 rings (SSSR count). The van der Waals surface area contributed by atoms with E-state index in [4.69, 9.17) is 0 Å². The molecule has 0 atom stereocenters. The molecule has 0 spiro atoms. The molecule has 0 N–H and O–H groups in total. The number of benzene rings is 2. The summed E-state index contributed by atoms with van der Waals surface area (Å²) >= 11 is 1.57. The van der Waals surface area contributed by atoms with E-state index in [0.29, 0.717) is 36.9 Å². The van der Waals surface area contributed by atoms with Gasteiger partial charge in [0.1, 0.15) is 0 Å². The number of amidine groups is 1. The molecule has 1 amide bonds. The maximum atomic E-state index is 13.0. The Morgan fingerprint density at radius 3 is 2.33 bits per heavy atom. The van der Waals surface area contributed by atoms with Gasteiger partial charge in [0.15, 0.2) is 5.17 Å². The zero-order valence-corrected chi connectivity index (χ0v) is 18.4. The van der Waals surface area contributed by atoms with Crippen LogP contribution in [-0.4, -0.2) is 54.1 Å². The number of hydrogen-bond acceptors (Lipinski definition) is 5. The molecule has 0 aromatic heterocycles. The summed E-state index contributed by atoms with van der Waals surface area (Å²) in [7, 11) is -3.49. The minimum absolute atomic E-state index is 0.145. The molecular weight excluding hydrogens is 418 g/mol. The summed E-state index contributed by atoms with van der Waals surface area (Å²) in [5, 5.41) is 0.717. The summed E-state index contributed by atoms with van der Waals surface area (Å²) in [6, 6.07) is 16.2. The predicted octanol–water partition coefficient (Wildman–Crippen LogP) is 3.61. The third-order valence-electron chi connectivity index (χ3n) is 5.32. The molecule has 2 saturated heterocycles. The Kier molecular flexibility index (Phi) is 6.55. The van der Waals surface area contributed by atoms with E-state index < -0.39 is 10.0 Å². The van der Waals surface area contributed by atoms with Gasteiger partial charge in [-0.3, -0.25) is 14.7 Å². The average molecular weight is 444 g/mol. The molecule has 30 heavy (non-hydrogen) atoms. The van der Waals surface area contributed by atoms with E-state index in [1.54, 1.807) is 45.2 Å². The fraction of sp³-hybridized carbons (Fsp3) is 0.364. The fourth-order valence-electron chi connectivity index (χ4n) is 3.64. The maximum Gasteiger partial charge on any atom is 0.259 e. The van der Waals surface area contributed by atoms with Crippen LogP contribution in [0.4, 0.5) is 0 Å². The van der Waals surface area contributed by atoms with Gasteiger partial charge in [0.05, 0.1) is 11.4 Å². The topological polar surface area (TPSA) is 70.1 Å². The third kappa shape index (κ3) is 4.61. The Morgan fingerprint density at radius 2 is 1.63 bits per heavy atom. The van der Waals surface area contributed by atoms with Crippen molar-refractivity contribution in [3.8, 4) is 0 Å². The Balaban J connectivity index is 1.47. The molecule has 6 nitrogen and oxygen atoms in total. The standard InChI is InChI=1S/C22H25N3O3S2/c26-21(25-15-16-29-22(25)23-17-18-7-3-1-4-8-18)19-9-11-20(12-10-19)30(27,28)24-13-5-2-6-14-24/h1,3-4,7-12H,2,5-6,13-17H2. The summed E-state index contributed by atoms with van der Waals surface area (Å²) < 4.78 is 27.1. The van der Waals surface area contributed by atoms with Crippen LogP contribution < -0.4 is 0 Å². The molecular formula is C22H25N3O3S2. The van der Waals surface area contributed by atoms with Crippen molar-refractivity contribution in [2.75, 3.05) is 25.4 Å². The van der Waals surface area contributed by atoms with Crippen LogP contribution in [0.1, 0.15) is 35.2 Å². The number of hydrogen-bond donors (Lipinski definition) is 0. The Labute approximate surface area is 182 Å². The quantitative estimate of drug-likeness (QED) is 0.708. The van der Waals surface area contributed by atoms with E-state index in [0.717, 1.165) is 30.6 Å². The Bertz CT molecular complexity index is 1020. The van der Waals surface area contributed by atoms with Crippen LogP contribution in [0.3, 0.4) is 0 Å². The Morgan fingerprint density at radius 1 is 0.933 bits per heavy atom. The molecule has 2 aliphatic heterocycles. The molecule has 2 aromatic rings. The van der Waals surface area contributed by atoms with E-state index >= 15 is 0 Å². The minimum Gasteiger partial charge on any atom is -0.287 e. The van der Waals surface area contributed by atoms with Gasteiger partial charge in [0.25, 0.3) is 5.91 Å². The second kappa shape index (κ2) is 9.32. The summed E-state index contributed by atoms with van der Waals surface area (Å²) in [6.07, 6.45) is 2.86. The summed E-state index contributed by atoms with van der Waals surface area (Å²) in [5.41, 5.74) is 1.57. The first-order valence-corrected chi connectivity index (χ1v) is 12.6. The number of aliphatic imine (C=N–C) groups is 1. The molecule has 8 heteroatoms. The number of amides is 1. The normalized spacial score (nSPS) is 19.3. The van der Waals surface area contributed by atoms with E-state index in [9.17, 15) is 13.2 Å². The average Bonchev–Trinajstić information content (AvgIpc) is 3.27. The number of carbonyl (C=O) groups is 1. The molecule has 158 valence electrons. The van der Waals surface area contributed by atoms with Crippen LogP contribution in [0.2, 0.25) is 0 Å². The zero-order valence-electron chi connectivity index (χ0n) is 16.7. The highest BCUT2D eigenvalue weighted by molar-refractivity contribution is 8.14. The number of sulfonamides is 1. The van der Waals surface area contributed by atoms with E-state index in [1.807, 2.05) is 30.3 Å². The lowest BCUT2D eigenvalue weighted by Crippen LogP contribution is -2.35. The van der Waals surface area contributed by atoms with Crippen LogP contribution in [0, 0.1) is 0 Å². The van der Waals surface area contributed by atoms with Gasteiger partial charge in [0.2, 0.25) is 10.0 Å². The van der Waals surface area contributed by atoms with Crippen LogP contribution in [0.15, 0.2) is 64.5 Å². The second-order valence-corrected chi connectivity index (χ2v) is 10.4. The third-order valence-corrected chi connectivity index (χ3v) is 8.22. The first-order chi connectivity index (χ1) is 14.6. The predicted molar refractivity (Wildman–Crippen MR) is 120 cm³/mol. The molecule has 2 fully saturated rings. The van der Waals surface area contributed by atoms with Gasteiger partial charge in [-0.2, -0.15) is 4.31 Å². The second-order valence-electron chi connectivity index (χ2n) is 7.38. The molecule has 2 aromatic carbocycles. The van der Waals surface area contributed by atoms with E-state index in [1.165, 1.54) is 0 Å². The van der Waals surface area contributed by atoms with Gasteiger partial charge in [-0.25, -0.2) is 8.42 Å². The minimum atomic E-state index is -3.49. The first-order valence-electron chi connectivity index (χ1n) is 10.2. The van der Waals surface area contributed by atoms with Crippen LogP contribution in [0.5, 0.6) is 0 Å². The van der Waals surface area contributed by atoms with Crippen molar-refractivity contribution in [2.24, 2.45) is 4.99 Å². The van der Waals surface area contributed by atoms with Crippen LogP contribution >= 0.6 is 11.8 Å². The van der Waals surface area contributed by atoms with E-state index in [-0.39, 0.29) is 10.8 Å². The van der Waals surface area contributed by atoms with Crippen LogP contribution in [-0.2, 0) is 16.6 Å². The van der Waals surface area contributed by atoms with Crippen molar-refractivity contribution in [2.45, 2.75) is 30.7 Å². The fourth-order valence-corrected chi connectivity index (χ4v) is 6.10. The number of nitrogens with zero attached hydrogens (tertiary/aromatic N) is 3. The lowest BCUT2D eigenvalue weighted by Gasteiger charge is -2.26. The molecule has 2 heterocycles. The molecule has 0 aliphatic carbocycles. The number of piperidine rings is 1. The molecule has 0 radical (unpaired) electrons. The van der Waals surface area contributed by atoms with Gasteiger partial charge >= 0.3 is 0 Å². The summed E-state index contributed by atoms with van der Waals surface area (Å²) in [4.78, 5) is 19.6. The summed E-state index contributed by atoms with van der Waals surface area (Å²) in [5.74, 6) is 0.662. The van der Waals surface area contributed by atoms with Gasteiger partial charge < -0.3 is 0 Å². The van der Waals surface area contributed by atoms with Crippen molar-refractivity contribution < 1.29 is 13.2 Å². The highest BCUT2D eigenvalue weighted by Crippen LogP contribution is 2.24. The Hall–Kier alpha value is -2.16. The number of rotatable bonds is 5. The van der Waals surface area contributed by atoms with Gasteiger partial charge in [-0.15, -0.1) is 0 Å². The van der Waals surface area contributed by atoms with Gasteiger partial charge in [-0.05, 0) is 42.7 Å². The number of thioether (sulfide) groups is 1. The highest BCUT2D eigenvalue weighted by atomic mass is 32.2. The lowest BCUT2D eigenvalue weighted by atomic mass is 10.2. The SMILES string of the molecule is O=C(c1ccc(S(=O)(=O)N2CCCCC2)cc1)N1CCSC1=NCc1ccccc1. The smallest absolute Gasteiger partial charge is 0.259 e. The van der Waals surface area contributed by atoms with Crippen molar-refractivity contribution >= 4 is 32.9 Å². The largest absolute Gasteiger partial charge is 0.287 e. The molecule has 0 bridgehead atoms. The number of carbonyl (C=O) groups excluding carboxylic acids is 1. The van der Waals surface area contributed by atoms with Crippen molar-refractivity contribution in [1.29, 1.82) is 0 Å². The highest BCUT2D eigenvalue weighted by Gasteiger charge is 2.28. The maximum absolute atomic E-state index is 13.0. The monoisotopic (exact) mass is 443 g/mol. The molecule has 0 unspecified atom stereocenters. The zero-order chi connectivity index (χ0) is 21.0. The summed E-state index contributed by atoms with van der Waals surface area (Å²) in [6.45, 7) is 2.26. The molecule has 2 aliphatic rings. The van der Waals surface area contributed by atoms with Crippen LogP contribution in [0.25, 0.3) is 0 Å². The molecule has 0 saturated carbocycles. The van der Waals surface area contributed by atoms with Crippen molar-refractivity contribution in [3.05, 3.63) is 65.7 Å². The van der Waals surface area contributed by atoms with Crippen molar-refractivity contribution in [3.63, 3.8) is 0 Å².